The van der Waals surface area contributed by atoms with E-state index in [1.807, 2.05) is 0 Å². The Morgan fingerprint density at radius 2 is 2.06 bits per heavy atom. The normalized spacial score (nSPS) is 13.2. The van der Waals surface area contributed by atoms with Gasteiger partial charge in [-0.3, -0.25) is 14.9 Å². The predicted octanol–water partition coefficient (Wildman–Crippen LogP) is 0.500. The zero-order valence-electron chi connectivity index (χ0n) is 10.3. The van der Waals surface area contributed by atoms with Crippen molar-refractivity contribution in [1.29, 1.82) is 0 Å². The molecule has 0 aliphatic heterocycles. The van der Waals surface area contributed by atoms with Gasteiger partial charge in [-0.05, 0) is 5.41 Å². The van der Waals surface area contributed by atoms with Gasteiger partial charge in [0, 0.05) is 7.05 Å². The lowest BCUT2D eigenvalue weighted by atomic mass is 9.80. The summed E-state index contributed by atoms with van der Waals surface area (Å²) < 4.78 is 1.36. The second-order valence-electron chi connectivity index (χ2n) is 4.83. The Morgan fingerprint density at radius 1 is 1.47 bits per heavy atom. The van der Waals surface area contributed by atoms with Gasteiger partial charge >= 0.3 is 5.97 Å². The number of anilines is 1. The Labute approximate surface area is 98.8 Å². The zero-order chi connectivity index (χ0) is 13.2. The fraction of sp³-hybridized carbons (Fsp3) is 0.600. The van der Waals surface area contributed by atoms with Gasteiger partial charge in [0.15, 0.2) is 0 Å². The Balaban J connectivity index is 2.88. The highest BCUT2D eigenvalue weighted by Crippen LogP contribution is 2.27. The standard InChI is InChI=1S/C10H16N4O3/c1-10(2,3)6(8(16)17)7(15)13-9-11-5-12-14(9)4/h5-6H,1-4H3,(H,16,17)(H,11,12,13,15). The van der Waals surface area contributed by atoms with Crippen LogP contribution in [0.2, 0.25) is 0 Å². The summed E-state index contributed by atoms with van der Waals surface area (Å²) in [7, 11) is 1.61. The van der Waals surface area contributed by atoms with E-state index in [0.717, 1.165) is 0 Å². The molecule has 2 N–H and O–H groups in total. The number of carboxylic acid groups (broad SMARTS) is 1. The van der Waals surface area contributed by atoms with Crippen LogP contribution >= 0.6 is 0 Å². The number of aryl methyl sites for hydroxylation is 1. The maximum Gasteiger partial charge on any atom is 0.316 e. The van der Waals surface area contributed by atoms with Crippen LogP contribution in [0.4, 0.5) is 5.95 Å². The lowest BCUT2D eigenvalue weighted by Crippen LogP contribution is -2.39. The third kappa shape index (κ3) is 3.02. The Bertz CT molecular complexity index is 433. The van der Waals surface area contributed by atoms with Gasteiger partial charge in [-0.1, -0.05) is 20.8 Å². The number of hydrogen-bond acceptors (Lipinski definition) is 4. The van der Waals surface area contributed by atoms with Crippen molar-refractivity contribution >= 4 is 17.8 Å². The second kappa shape index (κ2) is 4.52. The SMILES string of the molecule is Cn1ncnc1NC(=O)C(C(=O)O)C(C)(C)C. The van der Waals surface area contributed by atoms with Gasteiger partial charge in [-0.15, -0.1) is 0 Å². The summed E-state index contributed by atoms with van der Waals surface area (Å²) in [4.78, 5) is 26.8. The fourth-order valence-corrected chi connectivity index (χ4v) is 1.47. The molecule has 7 heteroatoms. The Morgan fingerprint density at radius 3 is 2.41 bits per heavy atom. The average Bonchev–Trinajstić information content (AvgIpc) is 2.48. The maximum absolute atomic E-state index is 11.9. The van der Waals surface area contributed by atoms with Crippen LogP contribution in [-0.2, 0) is 16.6 Å². The molecule has 17 heavy (non-hydrogen) atoms. The Kier molecular flexibility index (Phi) is 3.50. The van der Waals surface area contributed by atoms with E-state index in [-0.39, 0.29) is 5.95 Å². The van der Waals surface area contributed by atoms with Gasteiger partial charge in [-0.25, -0.2) is 4.68 Å². The fourth-order valence-electron chi connectivity index (χ4n) is 1.47. The number of nitrogens with one attached hydrogen (secondary N) is 1. The van der Waals surface area contributed by atoms with E-state index in [1.165, 1.54) is 11.0 Å². The summed E-state index contributed by atoms with van der Waals surface area (Å²) in [5.74, 6) is -2.66. The van der Waals surface area contributed by atoms with Crippen LogP contribution in [0.3, 0.4) is 0 Å². The van der Waals surface area contributed by atoms with E-state index in [1.54, 1.807) is 27.8 Å². The van der Waals surface area contributed by atoms with E-state index in [2.05, 4.69) is 15.4 Å². The predicted molar refractivity (Wildman–Crippen MR) is 60.2 cm³/mol. The molecule has 0 saturated carbocycles. The smallest absolute Gasteiger partial charge is 0.316 e. The van der Waals surface area contributed by atoms with Gasteiger partial charge in [0.2, 0.25) is 11.9 Å². The van der Waals surface area contributed by atoms with Crippen LogP contribution in [0.5, 0.6) is 0 Å². The third-order valence-electron chi connectivity index (χ3n) is 2.32. The number of amides is 1. The number of carbonyl (C=O) groups excluding carboxylic acids is 1. The van der Waals surface area contributed by atoms with Crippen molar-refractivity contribution in [1.82, 2.24) is 14.8 Å². The molecular formula is C10H16N4O3. The molecule has 0 saturated heterocycles. The summed E-state index contributed by atoms with van der Waals surface area (Å²) in [6.07, 6.45) is 1.28. The first-order valence-corrected chi connectivity index (χ1v) is 5.11. The zero-order valence-corrected chi connectivity index (χ0v) is 10.3. The molecule has 1 amide bonds. The number of carboxylic acids is 1. The van der Waals surface area contributed by atoms with Crippen LogP contribution in [0, 0.1) is 11.3 Å². The molecule has 1 aromatic heterocycles. The highest BCUT2D eigenvalue weighted by atomic mass is 16.4. The van der Waals surface area contributed by atoms with Crippen LogP contribution in [-0.4, -0.2) is 31.7 Å². The summed E-state index contributed by atoms with van der Waals surface area (Å²) in [5.41, 5.74) is -0.672. The molecule has 1 atom stereocenters. The van der Waals surface area contributed by atoms with Gasteiger partial charge in [-0.2, -0.15) is 10.1 Å². The summed E-state index contributed by atoms with van der Waals surface area (Å²) in [5, 5.41) is 15.3. The maximum atomic E-state index is 11.9. The minimum atomic E-state index is -1.16. The van der Waals surface area contributed by atoms with Gasteiger partial charge < -0.3 is 5.11 Å². The molecule has 0 fully saturated rings. The number of aliphatic carboxylic acids is 1. The van der Waals surface area contributed by atoms with Crippen molar-refractivity contribution in [3.63, 3.8) is 0 Å². The van der Waals surface area contributed by atoms with Crippen LogP contribution in [0.1, 0.15) is 20.8 Å². The third-order valence-corrected chi connectivity index (χ3v) is 2.32. The lowest BCUT2D eigenvalue weighted by molar-refractivity contribution is -0.149. The lowest BCUT2D eigenvalue weighted by Gasteiger charge is -2.25. The van der Waals surface area contributed by atoms with Crippen molar-refractivity contribution in [2.45, 2.75) is 20.8 Å². The molecule has 0 spiro atoms. The van der Waals surface area contributed by atoms with E-state index in [9.17, 15) is 9.59 Å². The van der Waals surface area contributed by atoms with Gasteiger partial charge in [0.05, 0.1) is 0 Å². The molecule has 7 nitrogen and oxygen atoms in total. The summed E-state index contributed by atoms with van der Waals surface area (Å²) in [6.45, 7) is 5.09. The molecule has 1 aromatic rings. The van der Waals surface area contributed by atoms with Crippen molar-refractivity contribution < 1.29 is 14.7 Å². The molecule has 1 rings (SSSR count). The molecule has 0 aliphatic carbocycles. The van der Waals surface area contributed by atoms with E-state index in [4.69, 9.17) is 5.11 Å². The first kappa shape index (κ1) is 13.1. The van der Waals surface area contributed by atoms with Crippen LogP contribution < -0.4 is 5.32 Å². The molecule has 0 bridgehead atoms. The first-order valence-electron chi connectivity index (χ1n) is 5.11. The molecule has 0 aromatic carbocycles. The average molecular weight is 240 g/mol. The number of carbonyl (C=O) groups is 2. The van der Waals surface area contributed by atoms with Gasteiger partial charge in [0.25, 0.3) is 0 Å². The minimum absolute atomic E-state index is 0.227. The minimum Gasteiger partial charge on any atom is -0.481 e. The van der Waals surface area contributed by atoms with Crippen LogP contribution in [0.15, 0.2) is 6.33 Å². The largest absolute Gasteiger partial charge is 0.481 e. The molecular weight excluding hydrogens is 224 g/mol. The number of aromatic nitrogens is 3. The number of nitrogens with zero attached hydrogens (tertiary/aromatic N) is 3. The highest BCUT2D eigenvalue weighted by molar-refractivity contribution is 6.04. The van der Waals surface area contributed by atoms with E-state index in [0.29, 0.717) is 0 Å². The quantitative estimate of drug-likeness (QED) is 0.750. The molecule has 0 aliphatic rings. The Hall–Kier alpha value is -1.92. The van der Waals surface area contributed by atoms with E-state index >= 15 is 0 Å². The van der Waals surface area contributed by atoms with E-state index < -0.39 is 23.2 Å². The van der Waals surface area contributed by atoms with Crippen molar-refractivity contribution in [3.05, 3.63) is 6.33 Å². The van der Waals surface area contributed by atoms with Crippen molar-refractivity contribution in [3.8, 4) is 0 Å². The highest BCUT2D eigenvalue weighted by Gasteiger charge is 2.38. The molecule has 0 radical (unpaired) electrons. The molecule has 1 unspecified atom stereocenters. The molecule has 1 heterocycles. The van der Waals surface area contributed by atoms with Crippen LogP contribution in [0.25, 0.3) is 0 Å². The number of hydrogen-bond donors (Lipinski definition) is 2. The second-order valence-corrected chi connectivity index (χ2v) is 4.83. The summed E-state index contributed by atoms with van der Waals surface area (Å²) >= 11 is 0. The van der Waals surface area contributed by atoms with Crippen molar-refractivity contribution in [2.24, 2.45) is 18.4 Å². The summed E-state index contributed by atoms with van der Waals surface area (Å²) in [6, 6.07) is 0. The first-order chi connectivity index (χ1) is 7.73. The topological polar surface area (TPSA) is 97.1 Å². The van der Waals surface area contributed by atoms with Crippen molar-refractivity contribution in [2.75, 3.05) is 5.32 Å². The number of rotatable bonds is 3. The monoisotopic (exact) mass is 240 g/mol. The molecule has 94 valence electrons. The van der Waals surface area contributed by atoms with Gasteiger partial charge in [0.1, 0.15) is 12.2 Å².